The number of rotatable bonds is 7. The minimum absolute atomic E-state index is 0.119. The molecule has 0 aliphatic heterocycles. The van der Waals surface area contributed by atoms with Crippen LogP contribution in [0.4, 0.5) is 4.39 Å². The van der Waals surface area contributed by atoms with Gasteiger partial charge in [0, 0.05) is 36.9 Å². The minimum atomic E-state index is -0.314. The van der Waals surface area contributed by atoms with E-state index in [9.17, 15) is 4.39 Å². The Balaban J connectivity index is 2.07. The SMILES string of the molecule is N=C(N)c1ccc(CN(CCCO)C2CCC2)c(F)c1. The number of aliphatic hydroxyl groups is 1. The van der Waals surface area contributed by atoms with Gasteiger partial charge in [0.2, 0.25) is 0 Å². The van der Waals surface area contributed by atoms with E-state index in [1.165, 1.54) is 12.5 Å². The van der Waals surface area contributed by atoms with Crippen LogP contribution in [0.2, 0.25) is 0 Å². The van der Waals surface area contributed by atoms with Crippen molar-refractivity contribution < 1.29 is 9.50 Å². The topological polar surface area (TPSA) is 73.3 Å². The Labute approximate surface area is 118 Å². The van der Waals surface area contributed by atoms with E-state index in [4.69, 9.17) is 16.2 Å². The molecular weight excluding hydrogens is 257 g/mol. The van der Waals surface area contributed by atoms with Crippen molar-refractivity contribution in [1.29, 1.82) is 5.41 Å². The lowest BCUT2D eigenvalue weighted by atomic mass is 9.91. The fourth-order valence-corrected chi connectivity index (χ4v) is 2.48. The lowest BCUT2D eigenvalue weighted by molar-refractivity contribution is 0.108. The van der Waals surface area contributed by atoms with Gasteiger partial charge in [-0.2, -0.15) is 0 Å². The van der Waals surface area contributed by atoms with Gasteiger partial charge in [-0.05, 0) is 25.3 Å². The molecule has 1 aliphatic rings. The molecule has 20 heavy (non-hydrogen) atoms. The van der Waals surface area contributed by atoms with Gasteiger partial charge in [0.1, 0.15) is 11.7 Å². The van der Waals surface area contributed by atoms with Gasteiger partial charge in [0.15, 0.2) is 0 Å². The van der Waals surface area contributed by atoms with Gasteiger partial charge >= 0.3 is 0 Å². The van der Waals surface area contributed by atoms with Crippen LogP contribution in [0.1, 0.15) is 36.8 Å². The Morgan fingerprint density at radius 3 is 2.70 bits per heavy atom. The number of nitrogen functional groups attached to an aromatic ring is 1. The minimum Gasteiger partial charge on any atom is -0.396 e. The molecule has 4 nitrogen and oxygen atoms in total. The van der Waals surface area contributed by atoms with Crippen LogP contribution in [-0.2, 0) is 6.54 Å². The highest BCUT2D eigenvalue weighted by Gasteiger charge is 2.25. The van der Waals surface area contributed by atoms with Crippen molar-refractivity contribution in [2.75, 3.05) is 13.2 Å². The summed E-state index contributed by atoms with van der Waals surface area (Å²) < 4.78 is 14.1. The maximum Gasteiger partial charge on any atom is 0.128 e. The number of hydrogen-bond acceptors (Lipinski definition) is 3. The average Bonchev–Trinajstić information content (AvgIpc) is 2.35. The molecule has 0 saturated heterocycles. The Hall–Kier alpha value is -1.46. The van der Waals surface area contributed by atoms with Crippen molar-refractivity contribution in [2.24, 2.45) is 5.73 Å². The van der Waals surface area contributed by atoms with Crippen molar-refractivity contribution in [3.63, 3.8) is 0 Å². The predicted molar refractivity (Wildman–Crippen MR) is 77.2 cm³/mol. The monoisotopic (exact) mass is 279 g/mol. The Kier molecular flexibility index (Phi) is 5.09. The second kappa shape index (κ2) is 6.81. The molecule has 0 aromatic heterocycles. The molecule has 0 spiro atoms. The highest BCUT2D eigenvalue weighted by atomic mass is 19.1. The summed E-state index contributed by atoms with van der Waals surface area (Å²) in [4.78, 5) is 2.24. The highest BCUT2D eigenvalue weighted by molar-refractivity contribution is 5.94. The molecule has 0 amide bonds. The molecular formula is C15H22FN3O. The van der Waals surface area contributed by atoms with Crippen molar-refractivity contribution in [2.45, 2.75) is 38.3 Å². The first kappa shape index (κ1) is 14.9. The van der Waals surface area contributed by atoms with Gasteiger partial charge in [-0.1, -0.05) is 18.6 Å². The van der Waals surface area contributed by atoms with E-state index < -0.39 is 0 Å². The number of nitrogens with zero attached hydrogens (tertiary/aromatic N) is 1. The second-order valence-electron chi connectivity index (χ2n) is 5.35. The number of benzene rings is 1. The van der Waals surface area contributed by atoms with E-state index in [1.807, 2.05) is 0 Å². The summed E-state index contributed by atoms with van der Waals surface area (Å²) in [6.45, 7) is 1.50. The molecule has 0 atom stereocenters. The molecule has 1 saturated carbocycles. The lowest BCUT2D eigenvalue weighted by Gasteiger charge is -2.37. The van der Waals surface area contributed by atoms with E-state index in [2.05, 4.69) is 4.90 Å². The first-order valence-corrected chi connectivity index (χ1v) is 7.09. The van der Waals surface area contributed by atoms with E-state index in [1.54, 1.807) is 12.1 Å². The van der Waals surface area contributed by atoms with Crippen molar-refractivity contribution >= 4 is 5.84 Å². The Morgan fingerprint density at radius 2 is 2.20 bits per heavy atom. The summed E-state index contributed by atoms with van der Waals surface area (Å²) in [6, 6.07) is 5.22. The molecule has 1 aliphatic carbocycles. The number of amidine groups is 1. The van der Waals surface area contributed by atoms with Crippen molar-refractivity contribution in [3.8, 4) is 0 Å². The molecule has 0 heterocycles. The molecule has 1 aromatic rings. The number of halogens is 1. The maximum absolute atomic E-state index is 14.1. The zero-order valence-corrected chi connectivity index (χ0v) is 11.6. The molecule has 1 aromatic carbocycles. The van der Waals surface area contributed by atoms with Crippen LogP contribution in [0.25, 0.3) is 0 Å². The number of aliphatic hydroxyl groups excluding tert-OH is 1. The third-order valence-corrected chi connectivity index (χ3v) is 3.93. The number of nitrogens with one attached hydrogen (secondary N) is 1. The van der Waals surface area contributed by atoms with Crippen LogP contribution < -0.4 is 5.73 Å². The Morgan fingerprint density at radius 1 is 1.45 bits per heavy atom. The van der Waals surface area contributed by atoms with Gasteiger partial charge in [-0.3, -0.25) is 10.3 Å². The summed E-state index contributed by atoms with van der Waals surface area (Å²) in [6.07, 6.45) is 4.24. The highest BCUT2D eigenvalue weighted by Crippen LogP contribution is 2.27. The molecule has 0 unspecified atom stereocenters. The maximum atomic E-state index is 14.1. The predicted octanol–water partition coefficient (Wildman–Crippen LogP) is 1.85. The molecule has 0 radical (unpaired) electrons. The van der Waals surface area contributed by atoms with Crippen LogP contribution in [-0.4, -0.2) is 35.0 Å². The third kappa shape index (κ3) is 3.55. The van der Waals surface area contributed by atoms with E-state index in [0.29, 0.717) is 30.1 Å². The summed E-state index contributed by atoms with van der Waals surface area (Å²) in [5.41, 5.74) is 6.40. The molecule has 110 valence electrons. The van der Waals surface area contributed by atoms with Crippen LogP contribution in [0.3, 0.4) is 0 Å². The summed E-state index contributed by atoms with van der Waals surface area (Å²) in [7, 11) is 0. The second-order valence-corrected chi connectivity index (χ2v) is 5.35. The molecule has 1 fully saturated rings. The van der Waals surface area contributed by atoms with Crippen LogP contribution in [0.5, 0.6) is 0 Å². The molecule has 0 bridgehead atoms. The quantitative estimate of drug-likeness (QED) is 0.527. The van der Waals surface area contributed by atoms with Gasteiger partial charge in [-0.15, -0.1) is 0 Å². The normalized spacial score (nSPS) is 15.3. The number of nitrogens with two attached hydrogens (primary N) is 1. The van der Waals surface area contributed by atoms with Gasteiger partial charge < -0.3 is 10.8 Å². The van der Waals surface area contributed by atoms with E-state index >= 15 is 0 Å². The smallest absolute Gasteiger partial charge is 0.128 e. The summed E-state index contributed by atoms with van der Waals surface area (Å²) >= 11 is 0. The van der Waals surface area contributed by atoms with E-state index in [-0.39, 0.29) is 18.3 Å². The van der Waals surface area contributed by atoms with Crippen LogP contribution in [0.15, 0.2) is 18.2 Å². The standard InChI is InChI=1S/C15H22FN3O/c16-14-9-11(15(17)18)5-6-12(14)10-19(7-2-8-20)13-3-1-4-13/h5-6,9,13,20H,1-4,7-8,10H2,(H3,17,18). The molecule has 2 rings (SSSR count). The summed E-state index contributed by atoms with van der Waals surface area (Å²) in [5, 5.41) is 16.3. The van der Waals surface area contributed by atoms with Crippen molar-refractivity contribution in [1.82, 2.24) is 4.90 Å². The lowest BCUT2D eigenvalue weighted by Crippen LogP contribution is -2.40. The fraction of sp³-hybridized carbons (Fsp3) is 0.533. The molecule has 4 N–H and O–H groups in total. The summed E-state index contributed by atoms with van der Waals surface area (Å²) in [5.74, 6) is -0.433. The number of hydrogen-bond donors (Lipinski definition) is 3. The fourth-order valence-electron chi connectivity index (χ4n) is 2.48. The first-order valence-electron chi connectivity index (χ1n) is 7.09. The third-order valence-electron chi connectivity index (χ3n) is 3.93. The Bertz CT molecular complexity index is 474. The first-order chi connectivity index (χ1) is 9.61. The van der Waals surface area contributed by atoms with Crippen LogP contribution >= 0.6 is 0 Å². The van der Waals surface area contributed by atoms with Gasteiger partial charge in [-0.25, -0.2) is 4.39 Å². The van der Waals surface area contributed by atoms with Gasteiger partial charge in [0.25, 0.3) is 0 Å². The largest absolute Gasteiger partial charge is 0.396 e. The van der Waals surface area contributed by atoms with Crippen LogP contribution in [0, 0.1) is 11.2 Å². The van der Waals surface area contributed by atoms with Crippen molar-refractivity contribution in [3.05, 3.63) is 35.1 Å². The average molecular weight is 279 g/mol. The molecule has 5 heteroatoms. The zero-order valence-electron chi connectivity index (χ0n) is 11.6. The van der Waals surface area contributed by atoms with Gasteiger partial charge in [0.05, 0.1) is 0 Å². The van der Waals surface area contributed by atoms with E-state index in [0.717, 1.165) is 19.4 Å². The zero-order chi connectivity index (χ0) is 14.5.